The highest BCUT2D eigenvalue weighted by atomic mass is 35.5. The van der Waals surface area contributed by atoms with Crippen molar-refractivity contribution in [1.29, 1.82) is 0 Å². The zero-order valence-electron chi connectivity index (χ0n) is 11.8. The average Bonchev–Trinajstić information content (AvgIpc) is 2.90. The Balaban J connectivity index is 0.00000180. The van der Waals surface area contributed by atoms with Crippen LogP contribution in [0.1, 0.15) is 35.9 Å². The normalized spacial score (nSPS) is 17.0. The number of hydrogen-bond donors (Lipinski definition) is 1. The molecule has 0 aromatic carbocycles. The van der Waals surface area contributed by atoms with Crippen molar-refractivity contribution in [1.82, 2.24) is 20.2 Å². The van der Waals surface area contributed by atoms with E-state index in [1.165, 1.54) is 0 Å². The van der Waals surface area contributed by atoms with Gasteiger partial charge >= 0.3 is 0 Å². The fourth-order valence-electron chi connectivity index (χ4n) is 2.25. The van der Waals surface area contributed by atoms with Gasteiger partial charge in [0.15, 0.2) is 0 Å². The Morgan fingerprint density at radius 1 is 1.40 bits per heavy atom. The first-order valence-corrected chi connectivity index (χ1v) is 6.52. The molecule has 1 amide bonds. The van der Waals surface area contributed by atoms with E-state index < -0.39 is 0 Å². The van der Waals surface area contributed by atoms with Crippen LogP contribution in [0.15, 0.2) is 12.4 Å². The van der Waals surface area contributed by atoms with Gasteiger partial charge in [-0.2, -0.15) is 0 Å². The fourth-order valence-corrected chi connectivity index (χ4v) is 2.25. The second-order valence-corrected chi connectivity index (χ2v) is 4.69. The van der Waals surface area contributed by atoms with Crippen LogP contribution in [0, 0.1) is 6.92 Å². The van der Waals surface area contributed by atoms with E-state index in [1.54, 1.807) is 12.4 Å². The number of rotatable bonds is 4. The zero-order chi connectivity index (χ0) is 13.0. The Labute approximate surface area is 132 Å². The van der Waals surface area contributed by atoms with E-state index in [2.05, 4.69) is 22.2 Å². The van der Waals surface area contributed by atoms with Gasteiger partial charge in [0.05, 0.1) is 11.9 Å². The van der Waals surface area contributed by atoms with Gasteiger partial charge in [-0.05, 0) is 26.3 Å². The lowest BCUT2D eigenvalue weighted by atomic mass is 10.2. The standard InChI is InChI=1S/C13H20N4O.2ClH/c1-3-6-17(11-4-5-14-8-11)13(18)12-9-15-10(2)7-16-12;;/h7,9,11,14H,3-6,8H2,1-2H3;2*1H. The van der Waals surface area contributed by atoms with Crippen molar-refractivity contribution in [3.05, 3.63) is 23.8 Å². The van der Waals surface area contributed by atoms with Crippen LogP contribution in [0.25, 0.3) is 0 Å². The second-order valence-electron chi connectivity index (χ2n) is 4.69. The van der Waals surface area contributed by atoms with Crippen LogP contribution in [-0.4, -0.2) is 46.5 Å². The molecular weight excluding hydrogens is 299 g/mol. The number of aromatic nitrogens is 2. The van der Waals surface area contributed by atoms with Crippen LogP contribution in [0.4, 0.5) is 0 Å². The summed E-state index contributed by atoms with van der Waals surface area (Å²) in [7, 11) is 0. The van der Waals surface area contributed by atoms with E-state index in [-0.39, 0.29) is 30.7 Å². The van der Waals surface area contributed by atoms with Gasteiger partial charge in [0.1, 0.15) is 5.69 Å². The molecule has 1 aliphatic heterocycles. The largest absolute Gasteiger partial charge is 0.333 e. The van der Waals surface area contributed by atoms with Crippen LogP contribution in [-0.2, 0) is 0 Å². The first kappa shape index (κ1) is 19.1. The minimum absolute atomic E-state index is 0. The molecule has 114 valence electrons. The highest BCUT2D eigenvalue weighted by Crippen LogP contribution is 2.12. The molecule has 0 saturated carbocycles. The van der Waals surface area contributed by atoms with E-state index in [4.69, 9.17) is 0 Å². The smallest absolute Gasteiger partial charge is 0.274 e. The third kappa shape index (κ3) is 4.58. The molecule has 0 spiro atoms. The molecule has 1 aromatic rings. The number of aryl methyl sites for hydroxylation is 1. The van der Waals surface area contributed by atoms with E-state index in [1.807, 2.05) is 11.8 Å². The highest BCUT2D eigenvalue weighted by Gasteiger charge is 2.27. The molecule has 5 nitrogen and oxygen atoms in total. The second kappa shape index (κ2) is 9.10. The maximum Gasteiger partial charge on any atom is 0.274 e. The van der Waals surface area contributed by atoms with Crippen molar-refractivity contribution < 1.29 is 4.79 Å². The van der Waals surface area contributed by atoms with Crippen molar-refractivity contribution in [2.75, 3.05) is 19.6 Å². The molecule has 0 aliphatic carbocycles. The van der Waals surface area contributed by atoms with Gasteiger partial charge in [0.25, 0.3) is 5.91 Å². The summed E-state index contributed by atoms with van der Waals surface area (Å²) in [5.41, 5.74) is 1.28. The molecule has 0 bridgehead atoms. The summed E-state index contributed by atoms with van der Waals surface area (Å²) in [5.74, 6) is -0.00181. The lowest BCUT2D eigenvalue weighted by Gasteiger charge is -2.27. The number of carbonyl (C=O) groups is 1. The number of nitrogens with zero attached hydrogens (tertiary/aromatic N) is 3. The number of halogens is 2. The topological polar surface area (TPSA) is 58.1 Å². The summed E-state index contributed by atoms with van der Waals surface area (Å²) < 4.78 is 0. The molecule has 1 atom stereocenters. The Morgan fingerprint density at radius 3 is 2.65 bits per heavy atom. The Hall–Kier alpha value is -0.910. The van der Waals surface area contributed by atoms with Gasteiger partial charge < -0.3 is 10.2 Å². The van der Waals surface area contributed by atoms with Crippen molar-refractivity contribution in [2.45, 2.75) is 32.7 Å². The number of hydrogen-bond acceptors (Lipinski definition) is 4. The van der Waals surface area contributed by atoms with Gasteiger partial charge in [0.2, 0.25) is 0 Å². The highest BCUT2D eigenvalue weighted by molar-refractivity contribution is 5.92. The van der Waals surface area contributed by atoms with E-state index >= 15 is 0 Å². The van der Waals surface area contributed by atoms with Crippen molar-refractivity contribution >= 4 is 30.7 Å². The molecule has 1 aliphatic rings. The van der Waals surface area contributed by atoms with Crippen LogP contribution in [0.3, 0.4) is 0 Å². The predicted molar refractivity (Wildman–Crippen MR) is 83.9 cm³/mol. The van der Waals surface area contributed by atoms with E-state index in [0.717, 1.165) is 38.2 Å². The number of nitrogens with one attached hydrogen (secondary N) is 1. The lowest BCUT2D eigenvalue weighted by molar-refractivity contribution is 0.0685. The first-order chi connectivity index (χ1) is 8.72. The average molecular weight is 321 g/mol. The van der Waals surface area contributed by atoms with Gasteiger partial charge in [-0.25, -0.2) is 4.98 Å². The third-order valence-corrected chi connectivity index (χ3v) is 3.20. The van der Waals surface area contributed by atoms with Crippen molar-refractivity contribution in [3.8, 4) is 0 Å². The molecule has 1 aromatic heterocycles. The quantitative estimate of drug-likeness (QED) is 0.919. The Morgan fingerprint density at radius 2 is 2.15 bits per heavy atom. The minimum atomic E-state index is -0.00181. The summed E-state index contributed by atoms with van der Waals surface area (Å²) in [6.07, 6.45) is 5.19. The van der Waals surface area contributed by atoms with Gasteiger partial charge in [-0.3, -0.25) is 9.78 Å². The SMILES string of the molecule is CCCN(C(=O)c1cnc(C)cn1)C1CCNC1.Cl.Cl. The number of carbonyl (C=O) groups excluding carboxylic acids is 1. The molecule has 1 N–H and O–H groups in total. The number of amides is 1. The maximum atomic E-state index is 12.4. The zero-order valence-corrected chi connectivity index (χ0v) is 13.5. The molecule has 0 radical (unpaired) electrons. The van der Waals surface area contributed by atoms with Crippen molar-refractivity contribution in [2.24, 2.45) is 0 Å². The van der Waals surface area contributed by atoms with Gasteiger partial charge in [-0.1, -0.05) is 6.92 Å². The summed E-state index contributed by atoms with van der Waals surface area (Å²) in [6, 6.07) is 0.292. The lowest BCUT2D eigenvalue weighted by Crippen LogP contribution is -2.42. The van der Waals surface area contributed by atoms with Crippen LogP contribution in [0.2, 0.25) is 0 Å². The molecule has 2 heterocycles. The summed E-state index contributed by atoms with van der Waals surface area (Å²) in [4.78, 5) is 22.7. The fraction of sp³-hybridized carbons (Fsp3) is 0.615. The van der Waals surface area contributed by atoms with Crippen LogP contribution in [0.5, 0.6) is 0 Å². The Kier molecular flexibility index (Phi) is 8.69. The van der Waals surface area contributed by atoms with Gasteiger partial charge in [-0.15, -0.1) is 24.8 Å². The van der Waals surface area contributed by atoms with Crippen molar-refractivity contribution in [3.63, 3.8) is 0 Å². The van der Waals surface area contributed by atoms with E-state index in [0.29, 0.717) is 11.7 Å². The maximum absolute atomic E-state index is 12.4. The van der Waals surface area contributed by atoms with Crippen LogP contribution < -0.4 is 5.32 Å². The van der Waals surface area contributed by atoms with Crippen LogP contribution >= 0.6 is 24.8 Å². The Bertz CT molecular complexity index is 407. The summed E-state index contributed by atoms with van der Waals surface area (Å²) in [6.45, 7) is 6.60. The molecule has 2 rings (SSSR count). The summed E-state index contributed by atoms with van der Waals surface area (Å²) >= 11 is 0. The molecule has 1 fully saturated rings. The summed E-state index contributed by atoms with van der Waals surface area (Å²) in [5, 5.41) is 3.30. The minimum Gasteiger partial charge on any atom is -0.333 e. The predicted octanol–water partition coefficient (Wildman–Crippen LogP) is 1.84. The van der Waals surface area contributed by atoms with Gasteiger partial charge in [0, 0.05) is 25.3 Å². The monoisotopic (exact) mass is 320 g/mol. The van der Waals surface area contributed by atoms with E-state index in [9.17, 15) is 4.79 Å². The molecular formula is C13H22Cl2N4O. The molecule has 1 saturated heterocycles. The third-order valence-electron chi connectivity index (χ3n) is 3.20. The molecule has 1 unspecified atom stereocenters. The molecule has 7 heteroatoms. The first-order valence-electron chi connectivity index (χ1n) is 6.52. The molecule has 20 heavy (non-hydrogen) atoms.